The second kappa shape index (κ2) is 7.58. The number of alkyl halides is 8. The summed E-state index contributed by atoms with van der Waals surface area (Å²) in [7, 11) is 0. The van der Waals surface area contributed by atoms with Crippen LogP contribution in [0.5, 0.6) is 0 Å². The first kappa shape index (κ1) is 24.8. The molecular formula is C12H10Br8O4S. The predicted molar refractivity (Wildman–Crippen MR) is 130 cm³/mol. The average molecular weight is 890 g/mol. The molecule has 0 aromatic carbocycles. The van der Waals surface area contributed by atoms with Gasteiger partial charge in [0.2, 0.25) is 0 Å². The molecule has 0 aliphatic heterocycles. The van der Waals surface area contributed by atoms with Gasteiger partial charge in [0.15, 0.2) is 18.0 Å². The minimum absolute atomic E-state index is 0.0576. The normalized spacial score (nSPS) is 31.0. The zero-order chi connectivity index (χ0) is 19.7. The lowest BCUT2D eigenvalue weighted by atomic mass is 10.00. The van der Waals surface area contributed by atoms with E-state index in [4.69, 9.17) is 0 Å². The summed E-state index contributed by atoms with van der Waals surface area (Å²) in [5, 5.41) is 41.0. The fraction of sp³-hybridized carbons (Fsp3) is 0.667. The fourth-order valence-electron chi connectivity index (χ4n) is 2.13. The van der Waals surface area contributed by atoms with E-state index in [-0.39, 0.29) is 12.8 Å². The standard InChI is InChI=1S/C12H10Br8O4S/c13-7(14)3-11(21,22)9(17,18)1-5(7)25-6-2-10(19,20)12(23,24)4-8(6,15)16/h1-2,21-24H,3-4H2. The van der Waals surface area contributed by atoms with Crippen molar-refractivity contribution in [1.29, 1.82) is 0 Å². The van der Waals surface area contributed by atoms with Gasteiger partial charge < -0.3 is 20.4 Å². The van der Waals surface area contributed by atoms with E-state index < -0.39 is 24.5 Å². The molecule has 25 heavy (non-hydrogen) atoms. The van der Waals surface area contributed by atoms with Gasteiger partial charge in [-0.05, 0) is 12.2 Å². The van der Waals surface area contributed by atoms with Crippen LogP contribution in [-0.2, 0) is 0 Å². The Kier molecular flexibility index (Phi) is 7.51. The van der Waals surface area contributed by atoms with Crippen molar-refractivity contribution in [2.75, 3.05) is 0 Å². The largest absolute Gasteiger partial charge is 0.363 e. The molecule has 0 aromatic heterocycles. The second-order valence-electron chi connectivity index (χ2n) is 5.76. The van der Waals surface area contributed by atoms with E-state index in [1.807, 2.05) is 0 Å². The molecular weight excluding hydrogens is 879 g/mol. The summed E-state index contributed by atoms with van der Waals surface area (Å²) in [5.74, 6) is -4.10. The van der Waals surface area contributed by atoms with Gasteiger partial charge in [-0.2, -0.15) is 0 Å². The highest BCUT2D eigenvalue weighted by atomic mass is 79.9. The van der Waals surface area contributed by atoms with Crippen molar-refractivity contribution in [3.05, 3.63) is 22.0 Å². The molecule has 0 heterocycles. The van der Waals surface area contributed by atoms with Crippen molar-refractivity contribution in [3.8, 4) is 0 Å². The van der Waals surface area contributed by atoms with Crippen molar-refractivity contribution in [3.63, 3.8) is 0 Å². The van der Waals surface area contributed by atoms with Crippen LogP contribution in [0.3, 0.4) is 0 Å². The lowest BCUT2D eigenvalue weighted by Gasteiger charge is -2.46. The van der Waals surface area contributed by atoms with Gasteiger partial charge in [-0.25, -0.2) is 0 Å². The van der Waals surface area contributed by atoms with E-state index in [2.05, 4.69) is 127 Å². The average Bonchev–Trinajstić information content (AvgIpc) is 2.30. The molecule has 4 N–H and O–H groups in total. The number of thioether (sulfide) groups is 1. The Morgan fingerprint density at radius 3 is 1.20 bits per heavy atom. The molecule has 4 nitrogen and oxygen atoms in total. The molecule has 0 bridgehead atoms. The first-order valence-corrected chi connectivity index (χ1v) is 13.5. The molecule has 0 fully saturated rings. The van der Waals surface area contributed by atoms with Gasteiger partial charge in [-0.15, -0.1) is 0 Å². The Labute approximate surface area is 216 Å². The zero-order valence-corrected chi connectivity index (χ0v) is 25.3. The number of rotatable bonds is 2. The van der Waals surface area contributed by atoms with E-state index in [0.29, 0.717) is 0 Å². The van der Waals surface area contributed by atoms with Gasteiger partial charge in [0.05, 0.1) is 0 Å². The highest BCUT2D eigenvalue weighted by molar-refractivity contribution is 9.26. The minimum Gasteiger partial charge on any atom is -0.363 e. The van der Waals surface area contributed by atoms with Crippen LogP contribution >= 0.6 is 139 Å². The third-order valence-corrected chi connectivity index (χ3v) is 12.3. The summed E-state index contributed by atoms with van der Waals surface area (Å²) >= 11 is 28.4. The van der Waals surface area contributed by atoms with Crippen LogP contribution in [0.2, 0.25) is 0 Å². The zero-order valence-electron chi connectivity index (χ0n) is 11.8. The maximum atomic E-state index is 10.2. The third kappa shape index (κ3) is 5.06. The molecule has 13 heteroatoms. The molecule has 144 valence electrons. The van der Waals surface area contributed by atoms with E-state index in [0.717, 1.165) is 9.81 Å². The summed E-state index contributed by atoms with van der Waals surface area (Å²) in [4.78, 5) is 1.46. The lowest BCUT2D eigenvalue weighted by molar-refractivity contribution is -0.164. The number of hydrogen-bond acceptors (Lipinski definition) is 5. The van der Waals surface area contributed by atoms with Crippen molar-refractivity contribution in [1.82, 2.24) is 0 Å². The quantitative estimate of drug-likeness (QED) is 0.215. The molecule has 0 atom stereocenters. The van der Waals surface area contributed by atoms with Crippen LogP contribution in [0.15, 0.2) is 22.0 Å². The van der Waals surface area contributed by atoms with Crippen LogP contribution in [0.25, 0.3) is 0 Å². The van der Waals surface area contributed by atoms with Gasteiger partial charge in [0.1, 0.15) is 6.47 Å². The van der Waals surface area contributed by atoms with Gasteiger partial charge in [0.25, 0.3) is 0 Å². The van der Waals surface area contributed by atoms with E-state index in [9.17, 15) is 20.4 Å². The van der Waals surface area contributed by atoms with Gasteiger partial charge in [-0.1, -0.05) is 139 Å². The minimum atomic E-state index is -2.05. The third-order valence-electron chi connectivity index (χ3n) is 3.57. The predicted octanol–water partition coefficient (Wildman–Crippen LogP) is 5.60. The highest BCUT2D eigenvalue weighted by Crippen LogP contribution is 2.63. The van der Waals surface area contributed by atoms with Crippen LogP contribution in [-0.4, -0.2) is 44.9 Å². The van der Waals surface area contributed by atoms with Crippen molar-refractivity contribution < 1.29 is 20.4 Å². The Morgan fingerprint density at radius 2 is 0.920 bits per heavy atom. The van der Waals surface area contributed by atoms with Gasteiger partial charge >= 0.3 is 0 Å². The smallest absolute Gasteiger partial charge is 0.194 e. The summed E-state index contributed by atoms with van der Waals surface area (Å²) < 4.78 is -4.25. The highest BCUT2D eigenvalue weighted by Gasteiger charge is 2.58. The monoisotopic (exact) mass is 881 g/mol. The van der Waals surface area contributed by atoms with Crippen LogP contribution in [0, 0.1) is 0 Å². The van der Waals surface area contributed by atoms with E-state index in [1.54, 1.807) is 12.2 Å². The van der Waals surface area contributed by atoms with Crippen LogP contribution < -0.4 is 0 Å². The van der Waals surface area contributed by atoms with Gasteiger partial charge in [0, 0.05) is 22.7 Å². The maximum absolute atomic E-state index is 10.2. The molecule has 0 unspecified atom stereocenters. The van der Waals surface area contributed by atoms with E-state index >= 15 is 0 Å². The molecule has 0 amide bonds. The van der Waals surface area contributed by atoms with Crippen LogP contribution in [0.1, 0.15) is 12.8 Å². The number of hydrogen-bond donors (Lipinski definition) is 4. The lowest BCUT2D eigenvalue weighted by Crippen LogP contribution is -2.52. The molecule has 2 aliphatic rings. The molecule has 0 saturated heterocycles. The Balaban J connectivity index is 2.47. The fourth-order valence-corrected chi connectivity index (χ4v) is 8.35. The maximum Gasteiger partial charge on any atom is 0.194 e. The van der Waals surface area contributed by atoms with Crippen LogP contribution in [0.4, 0.5) is 0 Å². The molecule has 0 saturated carbocycles. The Morgan fingerprint density at radius 1 is 0.640 bits per heavy atom. The number of aliphatic hydroxyl groups is 4. The first-order valence-electron chi connectivity index (χ1n) is 6.38. The summed E-state index contributed by atoms with van der Waals surface area (Å²) in [6, 6.07) is 0. The van der Waals surface area contributed by atoms with Gasteiger partial charge in [-0.3, -0.25) is 0 Å². The number of allylic oxidation sites excluding steroid dienone is 2. The Bertz CT molecular complexity index is 587. The van der Waals surface area contributed by atoms with Crippen molar-refractivity contribution in [2.45, 2.75) is 37.3 Å². The van der Waals surface area contributed by atoms with Crippen molar-refractivity contribution in [2.24, 2.45) is 0 Å². The molecule has 0 spiro atoms. The number of halogens is 8. The molecule has 2 rings (SSSR count). The molecule has 2 aliphatic carbocycles. The SMILES string of the molecule is OC1(O)CC(Br)(Br)C(SC2=CC(Br)(Br)C(O)(O)CC2(Br)Br)=CC1(Br)Br. The first-order chi connectivity index (χ1) is 10.8. The summed E-state index contributed by atoms with van der Waals surface area (Å²) in [6.07, 6.45) is 3.15. The Hall–Kier alpha value is 3.51. The summed E-state index contributed by atoms with van der Waals surface area (Å²) in [5.41, 5.74) is 0. The topological polar surface area (TPSA) is 80.9 Å². The summed E-state index contributed by atoms with van der Waals surface area (Å²) in [6.45, 7) is 0. The second-order valence-corrected chi connectivity index (χ2v) is 21.5. The molecule has 0 aromatic rings. The molecule has 0 radical (unpaired) electrons. The van der Waals surface area contributed by atoms with E-state index in [1.165, 1.54) is 11.8 Å². The van der Waals surface area contributed by atoms with Crippen molar-refractivity contribution >= 4 is 139 Å².